The molecule has 3 aromatic rings. The van der Waals surface area contributed by atoms with Crippen LogP contribution in [0, 0.1) is 20.8 Å². The summed E-state index contributed by atoms with van der Waals surface area (Å²) in [6.07, 6.45) is -1.75. The van der Waals surface area contributed by atoms with Crippen LogP contribution in [0.3, 0.4) is 0 Å². The quantitative estimate of drug-likeness (QED) is 0.391. The molecule has 1 aliphatic heterocycles. The van der Waals surface area contributed by atoms with Gasteiger partial charge >= 0.3 is 0 Å². The van der Waals surface area contributed by atoms with E-state index in [0.29, 0.717) is 0 Å². The molecule has 3 aromatic carbocycles. The SMILES string of the molecule is Cc1ccc(S(=O)(=O)O[C@@H]2C[C@@H](C(=O)S(=O)(=O)c3ccc(C)cc3)N(S(=O)(=O)c3ccc(C)cc3)C2)cc1. The number of hydrogen-bond donors (Lipinski definition) is 0. The van der Waals surface area contributed by atoms with Gasteiger partial charge in [-0.3, -0.25) is 8.98 Å². The van der Waals surface area contributed by atoms with Gasteiger partial charge in [-0.15, -0.1) is 0 Å². The zero-order valence-electron chi connectivity index (χ0n) is 20.9. The van der Waals surface area contributed by atoms with Crippen molar-refractivity contribution in [1.29, 1.82) is 0 Å². The van der Waals surface area contributed by atoms with E-state index in [0.717, 1.165) is 21.0 Å². The highest BCUT2D eigenvalue weighted by molar-refractivity contribution is 8.06. The molecule has 0 aromatic heterocycles. The molecule has 2 atom stereocenters. The lowest BCUT2D eigenvalue weighted by molar-refractivity contribution is -0.114. The molecule has 0 bridgehead atoms. The summed E-state index contributed by atoms with van der Waals surface area (Å²) in [5.41, 5.74) is 2.40. The van der Waals surface area contributed by atoms with Crippen molar-refractivity contribution < 1.29 is 34.2 Å². The number of carbonyl (C=O) groups excluding carboxylic acids is 1. The van der Waals surface area contributed by atoms with Crippen LogP contribution >= 0.6 is 0 Å². The molecule has 38 heavy (non-hydrogen) atoms. The highest BCUT2D eigenvalue weighted by Gasteiger charge is 2.49. The standard InChI is InChI=1S/C26H27NO8S3/c1-18-4-10-22(11-5-18)36(29,30)26(28)25-16-21(35-38(33,34)24-14-8-20(3)9-15-24)17-27(25)37(31,32)23-12-6-19(2)7-13-23/h4-15,21,25H,16-17H2,1-3H3/t21-,25+/m1/s1. The Morgan fingerprint density at radius 2 is 1.11 bits per heavy atom. The first-order chi connectivity index (χ1) is 17.7. The average Bonchev–Trinajstić information content (AvgIpc) is 3.28. The third kappa shape index (κ3) is 5.59. The monoisotopic (exact) mass is 577 g/mol. The van der Waals surface area contributed by atoms with Crippen LogP contribution in [-0.4, -0.2) is 53.4 Å². The van der Waals surface area contributed by atoms with Crippen LogP contribution in [0.1, 0.15) is 23.1 Å². The Morgan fingerprint density at radius 1 is 0.684 bits per heavy atom. The number of aryl methyl sites for hydroxylation is 3. The average molecular weight is 578 g/mol. The van der Waals surface area contributed by atoms with E-state index in [-0.39, 0.29) is 14.7 Å². The van der Waals surface area contributed by atoms with Crippen LogP contribution in [0.15, 0.2) is 87.5 Å². The third-order valence-electron chi connectivity index (χ3n) is 6.29. The van der Waals surface area contributed by atoms with Crippen molar-refractivity contribution in [2.45, 2.75) is 54.0 Å². The zero-order valence-corrected chi connectivity index (χ0v) is 23.4. The lowest BCUT2D eigenvalue weighted by atomic mass is 10.2. The summed E-state index contributed by atoms with van der Waals surface area (Å²) >= 11 is 0. The maximum absolute atomic E-state index is 13.6. The molecule has 0 radical (unpaired) electrons. The highest BCUT2D eigenvalue weighted by Crippen LogP contribution is 2.32. The predicted molar refractivity (Wildman–Crippen MR) is 140 cm³/mol. The number of nitrogens with zero attached hydrogens (tertiary/aromatic N) is 1. The number of sulfonamides is 1. The van der Waals surface area contributed by atoms with Gasteiger partial charge in [0, 0.05) is 13.0 Å². The van der Waals surface area contributed by atoms with E-state index < -0.39 is 60.2 Å². The van der Waals surface area contributed by atoms with Crippen LogP contribution < -0.4 is 0 Å². The first kappa shape index (κ1) is 28.1. The summed E-state index contributed by atoms with van der Waals surface area (Å²) in [7, 11) is -13.3. The van der Waals surface area contributed by atoms with Crippen LogP contribution in [-0.2, 0) is 39.0 Å². The molecule has 9 nitrogen and oxygen atoms in total. The first-order valence-electron chi connectivity index (χ1n) is 11.7. The normalized spacial score (nSPS) is 18.9. The Hall–Kier alpha value is -2.90. The fourth-order valence-electron chi connectivity index (χ4n) is 4.12. The van der Waals surface area contributed by atoms with Crippen LogP contribution in [0.25, 0.3) is 0 Å². The van der Waals surface area contributed by atoms with Crippen LogP contribution in [0.5, 0.6) is 0 Å². The van der Waals surface area contributed by atoms with Gasteiger partial charge in [0.15, 0.2) is 0 Å². The molecule has 0 N–H and O–H groups in total. The molecule has 0 spiro atoms. The van der Waals surface area contributed by atoms with E-state index in [4.69, 9.17) is 4.18 Å². The summed E-state index contributed by atoms with van der Waals surface area (Å²) in [6.45, 7) is 4.78. The van der Waals surface area contributed by atoms with Gasteiger partial charge in [0.2, 0.25) is 19.9 Å². The molecule has 0 saturated carbocycles. The lowest BCUT2D eigenvalue weighted by Gasteiger charge is -2.22. The predicted octanol–water partition coefficient (Wildman–Crippen LogP) is 3.15. The van der Waals surface area contributed by atoms with E-state index >= 15 is 0 Å². The maximum Gasteiger partial charge on any atom is 0.297 e. The van der Waals surface area contributed by atoms with Gasteiger partial charge in [-0.2, -0.15) is 12.7 Å². The minimum Gasteiger partial charge on any atom is -0.279 e. The molecule has 1 saturated heterocycles. The molecule has 0 unspecified atom stereocenters. The van der Waals surface area contributed by atoms with Gasteiger partial charge in [-0.05, 0) is 57.2 Å². The largest absolute Gasteiger partial charge is 0.297 e. The van der Waals surface area contributed by atoms with Crippen molar-refractivity contribution in [3.05, 3.63) is 89.5 Å². The zero-order chi connectivity index (χ0) is 27.9. The van der Waals surface area contributed by atoms with Crippen LogP contribution in [0.4, 0.5) is 0 Å². The third-order valence-corrected chi connectivity index (χ3v) is 11.2. The number of rotatable bonds is 7. The topological polar surface area (TPSA) is 132 Å². The Morgan fingerprint density at radius 3 is 1.58 bits per heavy atom. The number of carbonyl (C=O) groups is 1. The molecule has 1 fully saturated rings. The van der Waals surface area contributed by atoms with Gasteiger partial charge in [-0.25, -0.2) is 16.8 Å². The Balaban J connectivity index is 1.72. The van der Waals surface area contributed by atoms with Gasteiger partial charge in [0.05, 0.1) is 20.8 Å². The first-order valence-corrected chi connectivity index (χ1v) is 16.0. The highest BCUT2D eigenvalue weighted by atomic mass is 32.2. The van der Waals surface area contributed by atoms with E-state index in [2.05, 4.69) is 0 Å². The second-order valence-electron chi connectivity index (χ2n) is 9.26. The second kappa shape index (κ2) is 10.3. The van der Waals surface area contributed by atoms with Gasteiger partial charge in [0.25, 0.3) is 15.2 Å². The van der Waals surface area contributed by atoms with E-state index in [9.17, 15) is 30.0 Å². The Kier molecular flexibility index (Phi) is 7.65. The molecular weight excluding hydrogens is 550 g/mol. The fourth-order valence-corrected chi connectivity index (χ4v) is 8.20. The summed E-state index contributed by atoms with van der Waals surface area (Å²) in [4.78, 5) is 12.8. The fraction of sp³-hybridized carbons (Fsp3) is 0.269. The molecule has 1 heterocycles. The molecule has 4 rings (SSSR count). The Bertz CT molecular complexity index is 1660. The van der Waals surface area contributed by atoms with Gasteiger partial charge in [0.1, 0.15) is 6.04 Å². The van der Waals surface area contributed by atoms with E-state index in [1.807, 2.05) is 0 Å². The van der Waals surface area contributed by atoms with Crippen molar-refractivity contribution in [1.82, 2.24) is 4.31 Å². The van der Waals surface area contributed by atoms with Gasteiger partial charge in [-0.1, -0.05) is 53.1 Å². The smallest absolute Gasteiger partial charge is 0.279 e. The summed E-state index contributed by atoms with van der Waals surface area (Å²) in [6, 6.07) is 15.6. The number of benzene rings is 3. The molecule has 12 heteroatoms. The Labute approximate surface area is 223 Å². The second-order valence-corrected chi connectivity index (χ2v) is 14.6. The molecule has 202 valence electrons. The molecule has 0 amide bonds. The summed E-state index contributed by atoms with van der Waals surface area (Å²) < 4.78 is 85.4. The number of sulfone groups is 1. The van der Waals surface area contributed by atoms with E-state index in [1.54, 1.807) is 45.0 Å². The lowest BCUT2D eigenvalue weighted by Crippen LogP contribution is -2.43. The number of hydrogen-bond acceptors (Lipinski definition) is 8. The molecule has 1 aliphatic rings. The van der Waals surface area contributed by atoms with Crippen molar-refractivity contribution in [3.63, 3.8) is 0 Å². The van der Waals surface area contributed by atoms with Crippen molar-refractivity contribution in [2.24, 2.45) is 0 Å². The minimum atomic E-state index is -4.60. The van der Waals surface area contributed by atoms with Crippen LogP contribution in [0.2, 0.25) is 0 Å². The summed E-state index contributed by atoms with van der Waals surface area (Å²) in [5.74, 6) is 0. The van der Waals surface area contributed by atoms with E-state index in [1.165, 1.54) is 48.5 Å². The van der Waals surface area contributed by atoms with Gasteiger partial charge < -0.3 is 0 Å². The molecule has 0 aliphatic carbocycles. The maximum atomic E-state index is 13.6. The van der Waals surface area contributed by atoms with Crippen molar-refractivity contribution in [2.75, 3.05) is 6.54 Å². The summed E-state index contributed by atoms with van der Waals surface area (Å²) in [5, 5.41) is -1.35. The molecular formula is C26H27NO8S3. The van der Waals surface area contributed by atoms with Crippen molar-refractivity contribution >= 4 is 35.1 Å². The minimum absolute atomic E-state index is 0.141. The van der Waals surface area contributed by atoms with Crippen molar-refractivity contribution in [3.8, 4) is 0 Å².